The van der Waals surface area contributed by atoms with Gasteiger partial charge < -0.3 is 14.0 Å². The van der Waals surface area contributed by atoms with E-state index in [1.807, 2.05) is 18.2 Å². The average Bonchev–Trinajstić information content (AvgIpc) is 2.40. The van der Waals surface area contributed by atoms with Crippen molar-refractivity contribution in [1.82, 2.24) is 0 Å². The summed E-state index contributed by atoms with van der Waals surface area (Å²) in [7, 11) is 1.66. The molecule has 0 heterocycles. The van der Waals surface area contributed by atoms with Crippen LogP contribution in [0.3, 0.4) is 0 Å². The second-order valence-electron chi connectivity index (χ2n) is 3.78. The first-order chi connectivity index (χ1) is 8.69. The van der Waals surface area contributed by atoms with Crippen molar-refractivity contribution in [3.63, 3.8) is 0 Å². The Kier molecular flexibility index (Phi) is 4.30. The first-order valence-corrected chi connectivity index (χ1v) is 6.55. The number of benzene rings is 1. The molecule has 4 nitrogen and oxygen atoms in total. The first-order valence-electron chi connectivity index (χ1n) is 5.47. The molecule has 0 aromatic heterocycles. The maximum Gasteiger partial charge on any atom is 0.127 e. The predicted octanol–water partition coefficient (Wildman–Crippen LogP) is 2.16. The fourth-order valence-electron chi connectivity index (χ4n) is 1.59. The lowest BCUT2D eigenvalue weighted by Crippen LogP contribution is -2.10. The van der Waals surface area contributed by atoms with Gasteiger partial charge in [-0.1, -0.05) is 6.08 Å². The summed E-state index contributed by atoms with van der Waals surface area (Å²) < 4.78 is 32.2. The monoisotopic (exact) mass is 265 g/mol. The Morgan fingerprint density at radius 2 is 2.06 bits per heavy atom. The van der Waals surface area contributed by atoms with Gasteiger partial charge in [0.15, 0.2) is 0 Å². The van der Waals surface area contributed by atoms with Gasteiger partial charge in [0.2, 0.25) is 0 Å². The van der Waals surface area contributed by atoms with E-state index < -0.39 is 11.1 Å². The lowest BCUT2D eigenvalue weighted by atomic mass is 10.1. The highest BCUT2D eigenvalue weighted by atomic mass is 32.2. The number of allylic oxidation sites excluding steroid dienone is 1. The minimum atomic E-state index is -2.20. The van der Waals surface area contributed by atoms with Crippen LogP contribution in [0.1, 0.15) is 6.42 Å². The first kappa shape index (κ1) is 13.0. The molecule has 0 saturated carbocycles. The quantitative estimate of drug-likeness (QED) is 0.783. The van der Waals surface area contributed by atoms with Crippen LogP contribution in [0.15, 0.2) is 53.1 Å². The number of rotatable bonds is 4. The van der Waals surface area contributed by atoms with E-state index in [-0.39, 0.29) is 11.0 Å². The zero-order valence-electron chi connectivity index (χ0n) is 9.87. The van der Waals surface area contributed by atoms with Crippen molar-refractivity contribution < 1.29 is 18.2 Å². The summed E-state index contributed by atoms with van der Waals surface area (Å²) in [5, 5.41) is 0. The van der Waals surface area contributed by atoms with Crippen molar-refractivity contribution >= 4 is 11.1 Å². The van der Waals surface area contributed by atoms with Crippen molar-refractivity contribution in [2.45, 2.75) is 17.4 Å². The highest BCUT2D eigenvalue weighted by Gasteiger charge is 2.08. The fraction of sp³-hybridized carbons (Fsp3) is 0.231. The number of ether oxygens (including phenoxy) is 2. The van der Waals surface area contributed by atoms with E-state index in [1.54, 1.807) is 19.2 Å². The second-order valence-corrected chi connectivity index (χ2v) is 4.72. The van der Waals surface area contributed by atoms with Gasteiger partial charge in [-0.15, -0.1) is 0 Å². The van der Waals surface area contributed by atoms with E-state index in [0.29, 0.717) is 5.75 Å². The molecule has 2 unspecified atom stereocenters. The van der Waals surface area contributed by atoms with Gasteiger partial charge in [0, 0.05) is 12.0 Å². The number of hydrogen-bond acceptors (Lipinski definition) is 4. The summed E-state index contributed by atoms with van der Waals surface area (Å²) in [5.41, 5.74) is 0. The zero-order chi connectivity index (χ0) is 13.0. The molecule has 1 aliphatic rings. The van der Waals surface area contributed by atoms with Crippen LogP contribution < -0.4 is 4.74 Å². The molecule has 2 atom stereocenters. The average molecular weight is 265 g/mol. The van der Waals surface area contributed by atoms with E-state index in [4.69, 9.17) is 9.47 Å². The van der Waals surface area contributed by atoms with Crippen molar-refractivity contribution in [3.8, 4) is 5.75 Å². The van der Waals surface area contributed by atoms with E-state index in [2.05, 4.69) is 0 Å². The maximum absolute atomic E-state index is 10.7. The van der Waals surface area contributed by atoms with E-state index in [1.165, 1.54) is 12.1 Å². The van der Waals surface area contributed by atoms with Gasteiger partial charge in [-0.25, -0.2) is 0 Å². The maximum atomic E-state index is 10.7. The minimum absolute atomic E-state index is 0.0996. The van der Waals surface area contributed by atoms with Crippen LogP contribution in [0, 0.1) is 0 Å². The molecule has 5 heteroatoms. The summed E-state index contributed by atoms with van der Waals surface area (Å²) >= 11 is -2.20. The molecule has 2 rings (SSSR count). The topological polar surface area (TPSA) is 58.6 Å². The largest absolute Gasteiger partial charge is 0.768 e. The molecule has 0 fully saturated rings. The van der Waals surface area contributed by atoms with Crippen LogP contribution >= 0.6 is 0 Å². The molecule has 0 amide bonds. The van der Waals surface area contributed by atoms with Gasteiger partial charge >= 0.3 is 0 Å². The molecule has 0 bridgehead atoms. The van der Waals surface area contributed by atoms with Crippen LogP contribution in [0.25, 0.3) is 0 Å². The predicted molar refractivity (Wildman–Crippen MR) is 66.9 cm³/mol. The Hall–Kier alpha value is -1.43. The fourth-order valence-corrected chi connectivity index (χ4v) is 1.94. The molecule has 0 N–H and O–H groups in total. The van der Waals surface area contributed by atoms with Gasteiger partial charge in [-0.3, -0.25) is 4.21 Å². The van der Waals surface area contributed by atoms with Crippen molar-refractivity contribution in [1.29, 1.82) is 0 Å². The van der Waals surface area contributed by atoms with Gasteiger partial charge in [0.05, 0.1) is 6.10 Å². The Bertz CT molecular complexity index is 490. The normalized spacial score (nSPS) is 20.3. The minimum Gasteiger partial charge on any atom is -0.768 e. The third-order valence-corrected chi connectivity index (χ3v) is 3.24. The van der Waals surface area contributed by atoms with Gasteiger partial charge in [0.25, 0.3) is 0 Å². The highest BCUT2D eigenvalue weighted by Crippen LogP contribution is 2.20. The summed E-state index contributed by atoms with van der Waals surface area (Å²) in [4.78, 5) is 0.245. The third kappa shape index (κ3) is 3.29. The van der Waals surface area contributed by atoms with Gasteiger partial charge in [-0.05, 0) is 53.9 Å². The number of methoxy groups -OCH3 is 1. The molecule has 0 spiro atoms. The number of hydrogen-bond donors (Lipinski definition) is 0. The third-order valence-electron chi connectivity index (χ3n) is 2.58. The van der Waals surface area contributed by atoms with Crippen molar-refractivity contribution in [3.05, 3.63) is 48.3 Å². The van der Waals surface area contributed by atoms with Gasteiger partial charge in [-0.2, -0.15) is 0 Å². The summed E-state index contributed by atoms with van der Waals surface area (Å²) in [6.45, 7) is 0. The van der Waals surface area contributed by atoms with Crippen LogP contribution in [0.2, 0.25) is 0 Å². The molecule has 18 heavy (non-hydrogen) atoms. The van der Waals surface area contributed by atoms with Gasteiger partial charge in [0.1, 0.15) is 11.5 Å². The smallest absolute Gasteiger partial charge is 0.127 e. The van der Waals surface area contributed by atoms with Crippen LogP contribution in [0.4, 0.5) is 0 Å². The molecule has 1 aromatic carbocycles. The molecular formula is C13H13O4S-. The Morgan fingerprint density at radius 1 is 1.33 bits per heavy atom. The molecule has 0 saturated heterocycles. The molecular weight excluding hydrogens is 252 g/mol. The Morgan fingerprint density at radius 3 is 2.56 bits per heavy atom. The van der Waals surface area contributed by atoms with Crippen LogP contribution in [0.5, 0.6) is 5.75 Å². The highest BCUT2D eigenvalue weighted by molar-refractivity contribution is 7.79. The van der Waals surface area contributed by atoms with E-state index >= 15 is 0 Å². The summed E-state index contributed by atoms with van der Waals surface area (Å²) in [6, 6.07) is 6.26. The molecule has 96 valence electrons. The summed E-state index contributed by atoms with van der Waals surface area (Å²) in [6.07, 6.45) is 6.58. The van der Waals surface area contributed by atoms with Crippen LogP contribution in [-0.4, -0.2) is 22.0 Å². The van der Waals surface area contributed by atoms with Crippen molar-refractivity contribution in [2.75, 3.05) is 7.11 Å². The Balaban J connectivity index is 2.00. The van der Waals surface area contributed by atoms with Crippen molar-refractivity contribution in [2.24, 2.45) is 0 Å². The lowest BCUT2D eigenvalue weighted by molar-refractivity contribution is 0.141. The Labute approximate surface area is 108 Å². The molecule has 0 aliphatic heterocycles. The summed E-state index contributed by atoms with van der Waals surface area (Å²) in [5.74, 6) is 1.34. The second kappa shape index (κ2) is 5.95. The van der Waals surface area contributed by atoms with E-state index in [9.17, 15) is 8.76 Å². The SMILES string of the molecule is COC1C=CC(Oc2ccc(S(=O)[O-])cc2)=CC1. The van der Waals surface area contributed by atoms with Crippen LogP contribution in [-0.2, 0) is 15.8 Å². The molecule has 1 aliphatic carbocycles. The molecule has 1 aromatic rings. The molecule has 0 radical (unpaired) electrons. The zero-order valence-corrected chi connectivity index (χ0v) is 10.7. The lowest BCUT2D eigenvalue weighted by Gasteiger charge is -2.15. The standard InChI is InChI=1S/C13H14O4S/c1-16-10-2-4-11(5-3-10)17-12-6-8-13(9-7-12)18(14)15/h2,4-10H,3H2,1H3,(H,14,15)/p-1. The van der Waals surface area contributed by atoms with E-state index in [0.717, 1.165) is 12.2 Å².